The zero-order valence-electron chi connectivity index (χ0n) is 26.2. The first-order chi connectivity index (χ1) is 23.8. The molecule has 0 spiro atoms. The van der Waals surface area contributed by atoms with Crippen LogP contribution in [0.4, 0.5) is 11.4 Å². The quantitative estimate of drug-likeness (QED) is 0.143. The van der Waals surface area contributed by atoms with Crippen molar-refractivity contribution < 1.29 is 0 Å². The Morgan fingerprint density at radius 1 is 0.521 bits per heavy atom. The monoisotopic (exact) mass is 610 g/mol. The van der Waals surface area contributed by atoms with Gasteiger partial charge in [0.25, 0.3) is 0 Å². The molecule has 48 heavy (non-hydrogen) atoms. The van der Waals surface area contributed by atoms with Crippen molar-refractivity contribution >= 4 is 65.8 Å². The second-order valence-corrected chi connectivity index (χ2v) is 13.2. The van der Waals surface area contributed by atoms with Crippen molar-refractivity contribution in [3.63, 3.8) is 0 Å². The number of benzene rings is 7. The Bertz CT molecular complexity index is 2780. The van der Waals surface area contributed by atoms with Gasteiger partial charge in [0.1, 0.15) is 0 Å². The number of aromatic nitrogens is 1. The maximum absolute atomic E-state index is 2.57. The smallest absolute Gasteiger partial charge is 0.0635 e. The van der Waals surface area contributed by atoms with Crippen molar-refractivity contribution in [1.29, 1.82) is 0 Å². The molecule has 2 heteroatoms. The van der Waals surface area contributed by atoms with E-state index in [-0.39, 0.29) is 12.0 Å². The lowest BCUT2D eigenvalue weighted by Crippen LogP contribution is -2.30. The van der Waals surface area contributed by atoms with Crippen LogP contribution in [-0.4, -0.2) is 10.4 Å². The molecule has 0 radical (unpaired) electrons. The lowest BCUT2D eigenvalue weighted by molar-refractivity contribution is 0.759. The maximum Gasteiger partial charge on any atom is 0.0635 e. The van der Waals surface area contributed by atoms with Crippen LogP contribution in [0.25, 0.3) is 65.6 Å². The number of anilines is 2. The Hall–Kier alpha value is -6.12. The summed E-state index contributed by atoms with van der Waals surface area (Å²) < 4.78 is 2.57. The molecule has 2 unspecified atom stereocenters. The molecule has 0 bridgehead atoms. The minimum absolute atomic E-state index is 0.161. The number of para-hydroxylation sites is 3. The predicted octanol–water partition coefficient (Wildman–Crippen LogP) is 11.9. The van der Waals surface area contributed by atoms with E-state index in [1.807, 2.05) is 0 Å². The average molecular weight is 611 g/mol. The fourth-order valence-electron chi connectivity index (χ4n) is 8.92. The molecule has 0 fully saturated rings. The predicted molar refractivity (Wildman–Crippen MR) is 203 cm³/mol. The molecule has 2 atom stereocenters. The molecule has 9 aromatic rings. The summed E-state index contributed by atoms with van der Waals surface area (Å²) in [4.78, 5) is 2.56. The summed E-state index contributed by atoms with van der Waals surface area (Å²) in [5.74, 6) is 0.178. The largest absolute Gasteiger partial charge is 0.333 e. The van der Waals surface area contributed by atoms with Gasteiger partial charge < -0.3 is 9.30 Å². The van der Waals surface area contributed by atoms with Gasteiger partial charge in [-0.2, -0.15) is 0 Å². The second-order valence-electron chi connectivity index (χ2n) is 13.2. The number of hydrogen-bond donors (Lipinski definition) is 0. The topological polar surface area (TPSA) is 7.65 Å². The fourth-order valence-corrected chi connectivity index (χ4v) is 8.92. The summed E-state index contributed by atoms with van der Waals surface area (Å²) in [6.45, 7) is 0. The van der Waals surface area contributed by atoms with Gasteiger partial charge in [0.05, 0.1) is 22.6 Å². The van der Waals surface area contributed by atoms with Gasteiger partial charge in [0.15, 0.2) is 0 Å². The van der Waals surface area contributed by atoms with Crippen LogP contribution >= 0.6 is 0 Å². The van der Waals surface area contributed by atoms with E-state index in [4.69, 9.17) is 0 Å². The first-order valence-electron chi connectivity index (χ1n) is 16.9. The van der Waals surface area contributed by atoms with Crippen LogP contribution in [-0.2, 0) is 0 Å². The van der Waals surface area contributed by atoms with Crippen molar-refractivity contribution in [2.75, 3.05) is 4.90 Å². The third-order valence-electron chi connectivity index (χ3n) is 10.9. The van der Waals surface area contributed by atoms with Crippen molar-refractivity contribution in [1.82, 2.24) is 4.40 Å². The van der Waals surface area contributed by atoms with E-state index in [1.54, 1.807) is 0 Å². The SMILES string of the molecule is C1=CC2C(C(c3cccc4c5ccc6cccc7c8ccccc8n(c34)c5c67)=C1)c1ccc(-c3ccccc3)cc1N2c1ccccc1. The number of nitrogens with zero attached hydrogens (tertiary/aromatic N) is 2. The summed E-state index contributed by atoms with van der Waals surface area (Å²) in [6.07, 6.45) is 7.06. The highest BCUT2D eigenvalue weighted by atomic mass is 15.2. The van der Waals surface area contributed by atoms with Crippen LogP contribution in [0.2, 0.25) is 0 Å². The Morgan fingerprint density at radius 2 is 1.27 bits per heavy atom. The van der Waals surface area contributed by atoms with E-state index in [1.165, 1.54) is 88.1 Å². The highest BCUT2D eigenvalue weighted by molar-refractivity contribution is 6.29. The van der Waals surface area contributed by atoms with E-state index in [0.29, 0.717) is 0 Å². The second kappa shape index (κ2) is 9.70. The first-order valence-corrected chi connectivity index (χ1v) is 16.9. The molecule has 11 rings (SSSR count). The minimum atomic E-state index is 0.161. The molecule has 1 aliphatic heterocycles. The molecule has 7 aromatic carbocycles. The van der Waals surface area contributed by atoms with Crippen LogP contribution in [0, 0.1) is 0 Å². The first kappa shape index (κ1) is 26.0. The minimum Gasteiger partial charge on any atom is -0.333 e. The third kappa shape index (κ3) is 3.41. The molecule has 2 aromatic heterocycles. The van der Waals surface area contributed by atoms with Gasteiger partial charge in [-0.1, -0.05) is 146 Å². The van der Waals surface area contributed by atoms with Gasteiger partial charge in [0.2, 0.25) is 0 Å². The van der Waals surface area contributed by atoms with Crippen LogP contribution in [0.3, 0.4) is 0 Å². The molecule has 0 saturated carbocycles. The summed E-state index contributed by atoms with van der Waals surface area (Å²) in [6, 6.07) is 56.2. The van der Waals surface area contributed by atoms with Gasteiger partial charge in [-0.25, -0.2) is 0 Å². The van der Waals surface area contributed by atoms with Gasteiger partial charge >= 0.3 is 0 Å². The third-order valence-corrected chi connectivity index (χ3v) is 10.9. The lowest BCUT2D eigenvalue weighted by atomic mass is 9.80. The summed E-state index contributed by atoms with van der Waals surface area (Å²) >= 11 is 0. The lowest BCUT2D eigenvalue weighted by Gasteiger charge is -2.31. The van der Waals surface area contributed by atoms with Crippen LogP contribution in [0.5, 0.6) is 0 Å². The number of allylic oxidation sites excluding steroid dienone is 2. The standard InChI is InChI=1S/C46H30N2/c1-3-12-29(13-4-1)31-25-27-39-42(28-31)47(32-15-5-2-6-16-32)41-23-11-19-35(44(39)41)36-20-10-21-37-38-26-24-30-14-9-18-34-33-17-7-8-22-40(33)48(45(36)37)46(38)43(30)34/h1-28,41,44H. The molecule has 0 saturated heterocycles. The van der Waals surface area contributed by atoms with Gasteiger partial charge in [-0.15, -0.1) is 0 Å². The maximum atomic E-state index is 2.57. The molecule has 3 heterocycles. The Kier molecular flexibility index (Phi) is 5.25. The highest BCUT2D eigenvalue weighted by Gasteiger charge is 2.42. The highest BCUT2D eigenvalue weighted by Crippen LogP contribution is 2.54. The Labute approximate surface area is 278 Å². The molecular weight excluding hydrogens is 581 g/mol. The van der Waals surface area contributed by atoms with E-state index in [2.05, 4.69) is 179 Å². The summed E-state index contributed by atoms with van der Waals surface area (Å²) in [5, 5.41) is 7.87. The van der Waals surface area contributed by atoms with E-state index < -0.39 is 0 Å². The van der Waals surface area contributed by atoms with E-state index in [0.717, 1.165) is 0 Å². The molecular formula is C46H30N2. The normalized spacial score (nSPS) is 17.2. The molecule has 2 nitrogen and oxygen atoms in total. The van der Waals surface area contributed by atoms with Crippen LogP contribution in [0.15, 0.2) is 170 Å². The number of fused-ring (bicyclic) bond motifs is 9. The Morgan fingerprint density at radius 3 is 2.17 bits per heavy atom. The van der Waals surface area contributed by atoms with Crippen LogP contribution in [0.1, 0.15) is 17.0 Å². The number of pyridine rings is 1. The van der Waals surface area contributed by atoms with Crippen molar-refractivity contribution in [2.24, 2.45) is 0 Å². The summed E-state index contributed by atoms with van der Waals surface area (Å²) in [5.41, 5.74) is 12.9. The average Bonchev–Trinajstić information content (AvgIpc) is 3.69. The van der Waals surface area contributed by atoms with Crippen molar-refractivity contribution in [3.8, 4) is 11.1 Å². The summed E-state index contributed by atoms with van der Waals surface area (Å²) in [7, 11) is 0. The fraction of sp³-hybridized carbons (Fsp3) is 0.0435. The van der Waals surface area contributed by atoms with Gasteiger partial charge in [-0.05, 0) is 57.3 Å². The molecule has 224 valence electrons. The van der Waals surface area contributed by atoms with E-state index >= 15 is 0 Å². The van der Waals surface area contributed by atoms with E-state index in [9.17, 15) is 0 Å². The molecule has 0 amide bonds. The number of rotatable bonds is 3. The molecule has 0 N–H and O–H groups in total. The zero-order valence-corrected chi connectivity index (χ0v) is 26.2. The van der Waals surface area contributed by atoms with Crippen LogP contribution < -0.4 is 4.90 Å². The number of hydrogen-bond acceptors (Lipinski definition) is 1. The molecule has 2 aliphatic rings. The zero-order chi connectivity index (χ0) is 31.3. The van der Waals surface area contributed by atoms with Crippen molar-refractivity contribution in [2.45, 2.75) is 12.0 Å². The Balaban J connectivity index is 1.20. The van der Waals surface area contributed by atoms with Gasteiger partial charge in [0, 0.05) is 44.4 Å². The molecule has 1 aliphatic carbocycles. The van der Waals surface area contributed by atoms with Gasteiger partial charge in [-0.3, -0.25) is 0 Å². The van der Waals surface area contributed by atoms with Crippen molar-refractivity contribution in [3.05, 3.63) is 181 Å².